The van der Waals surface area contributed by atoms with Gasteiger partial charge in [-0.1, -0.05) is 6.07 Å². The molecule has 0 spiro atoms. The van der Waals surface area contributed by atoms with E-state index in [9.17, 15) is 9.59 Å². The minimum Gasteiger partial charge on any atom is -0.490 e. The van der Waals surface area contributed by atoms with Crippen molar-refractivity contribution < 1.29 is 19.1 Å². The number of methoxy groups -OCH3 is 1. The highest BCUT2D eigenvalue weighted by atomic mass is 16.5. The van der Waals surface area contributed by atoms with E-state index in [0.717, 1.165) is 0 Å². The van der Waals surface area contributed by atoms with Crippen LogP contribution in [0, 0.1) is 5.41 Å². The van der Waals surface area contributed by atoms with Crippen molar-refractivity contribution in [2.75, 3.05) is 19.0 Å². The molecule has 1 aromatic carbocycles. The number of amides is 1. The average molecular weight is 249 g/mol. The average Bonchev–Trinajstić information content (AvgIpc) is 2.46. The number of carbonyl (C=O) groups is 2. The molecule has 1 aliphatic rings. The molecule has 1 N–H and O–H groups in total. The molecule has 0 unspecified atom stereocenters. The summed E-state index contributed by atoms with van der Waals surface area (Å²) in [5, 5.41) is 2.73. The van der Waals surface area contributed by atoms with E-state index in [0.29, 0.717) is 17.0 Å². The van der Waals surface area contributed by atoms with E-state index in [1.165, 1.54) is 7.11 Å². The molecule has 1 amide bonds. The van der Waals surface area contributed by atoms with Gasteiger partial charge in [0.25, 0.3) is 0 Å². The van der Waals surface area contributed by atoms with Crippen molar-refractivity contribution in [3.8, 4) is 5.75 Å². The molecule has 18 heavy (non-hydrogen) atoms. The Kier molecular flexibility index (Phi) is 2.98. The number of carbonyl (C=O) groups excluding carboxylic acids is 2. The van der Waals surface area contributed by atoms with Gasteiger partial charge >= 0.3 is 5.97 Å². The maximum atomic E-state index is 12.0. The molecular weight excluding hydrogens is 234 g/mol. The topological polar surface area (TPSA) is 64.6 Å². The molecule has 0 atom stereocenters. The Hall–Kier alpha value is -2.04. The van der Waals surface area contributed by atoms with Crippen LogP contribution in [-0.4, -0.2) is 25.6 Å². The first kappa shape index (κ1) is 12.4. The number of hydrogen-bond donors (Lipinski definition) is 1. The first-order valence-electron chi connectivity index (χ1n) is 5.61. The molecule has 5 heteroatoms. The highest BCUT2D eigenvalue weighted by molar-refractivity contribution is 6.05. The molecule has 2 rings (SSSR count). The SMILES string of the molecule is COC(=O)c1cccc2c1NC(=O)C(C)(C)CO2. The van der Waals surface area contributed by atoms with Gasteiger partial charge < -0.3 is 14.8 Å². The Morgan fingerprint density at radius 1 is 1.44 bits per heavy atom. The number of fused-ring (bicyclic) bond motifs is 1. The van der Waals surface area contributed by atoms with Crippen LogP contribution in [0.15, 0.2) is 18.2 Å². The lowest BCUT2D eigenvalue weighted by Crippen LogP contribution is -2.33. The number of anilines is 1. The first-order chi connectivity index (χ1) is 8.45. The van der Waals surface area contributed by atoms with Gasteiger partial charge in [0.15, 0.2) is 0 Å². The number of benzene rings is 1. The zero-order chi connectivity index (χ0) is 13.3. The van der Waals surface area contributed by atoms with Crippen molar-refractivity contribution in [2.45, 2.75) is 13.8 Å². The van der Waals surface area contributed by atoms with Gasteiger partial charge in [-0.05, 0) is 26.0 Å². The predicted molar refractivity (Wildman–Crippen MR) is 65.7 cm³/mol. The number of ether oxygens (including phenoxy) is 2. The third-order valence-corrected chi connectivity index (χ3v) is 2.87. The lowest BCUT2D eigenvalue weighted by molar-refractivity contribution is -0.124. The maximum absolute atomic E-state index is 12.0. The summed E-state index contributed by atoms with van der Waals surface area (Å²) in [5.41, 5.74) is 0.0212. The zero-order valence-electron chi connectivity index (χ0n) is 10.6. The van der Waals surface area contributed by atoms with Crippen LogP contribution < -0.4 is 10.1 Å². The Morgan fingerprint density at radius 3 is 2.83 bits per heavy atom. The predicted octanol–water partition coefficient (Wildman–Crippen LogP) is 1.83. The summed E-state index contributed by atoms with van der Waals surface area (Å²) in [5.74, 6) is -0.204. The molecule has 1 heterocycles. The standard InChI is InChI=1S/C13H15NO4/c1-13(2)7-18-9-6-4-5-8(11(15)17-3)10(9)14-12(13)16/h4-6H,7H2,1-3H3,(H,14,16). The van der Waals surface area contributed by atoms with Crippen LogP contribution in [-0.2, 0) is 9.53 Å². The first-order valence-corrected chi connectivity index (χ1v) is 5.61. The Balaban J connectivity index is 2.49. The van der Waals surface area contributed by atoms with Crippen molar-refractivity contribution in [3.63, 3.8) is 0 Å². The maximum Gasteiger partial charge on any atom is 0.340 e. The Labute approximate surface area is 105 Å². The normalized spacial score (nSPS) is 16.9. The van der Waals surface area contributed by atoms with Crippen molar-refractivity contribution in [3.05, 3.63) is 23.8 Å². The van der Waals surface area contributed by atoms with E-state index < -0.39 is 11.4 Å². The fraction of sp³-hybridized carbons (Fsp3) is 0.385. The van der Waals surface area contributed by atoms with Crippen molar-refractivity contribution in [1.82, 2.24) is 0 Å². The van der Waals surface area contributed by atoms with Crippen molar-refractivity contribution in [2.24, 2.45) is 5.41 Å². The molecule has 0 aromatic heterocycles. The van der Waals surface area contributed by atoms with Gasteiger partial charge in [-0.2, -0.15) is 0 Å². The zero-order valence-corrected chi connectivity index (χ0v) is 10.6. The molecule has 1 aliphatic heterocycles. The van der Waals surface area contributed by atoms with E-state index in [2.05, 4.69) is 10.1 Å². The van der Waals surface area contributed by atoms with Gasteiger partial charge in [0.2, 0.25) is 5.91 Å². The van der Waals surface area contributed by atoms with E-state index in [1.54, 1.807) is 32.0 Å². The summed E-state index contributed by atoms with van der Waals surface area (Å²) in [4.78, 5) is 23.7. The molecule has 0 saturated carbocycles. The minimum atomic E-state index is -0.646. The van der Waals surface area contributed by atoms with E-state index in [1.807, 2.05) is 0 Å². The summed E-state index contributed by atoms with van der Waals surface area (Å²) >= 11 is 0. The monoisotopic (exact) mass is 249 g/mol. The largest absolute Gasteiger partial charge is 0.490 e. The third kappa shape index (κ3) is 2.03. The molecule has 1 aromatic rings. The van der Waals surface area contributed by atoms with Crippen LogP contribution in [0.4, 0.5) is 5.69 Å². The van der Waals surface area contributed by atoms with Crippen molar-refractivity contribution >= 4 is 17.6 Å². The summed E-state index contributed by atoms with van der Waals surface area (Å²) in [6, 6.07) is 4.99. The quantitative estimate of drug-likeness (QED) is 0.771. The third-order valence-electron chi connectivity index (χ3n) is 2.87. The number of rotatable bonds is 1. The lowest BCUT2D eigenvalue weighted by Gasteiger charge is -2.18. The molecule has 96 valence electrons. The van der Waals surface area contributed by atoms with Crippen LogP contribution in [0.25, 0.3) is 0 Å². The second-order valence-corrected chi connectivity index (χ2v) is 4.80. The second-order valence-electron chi connectivity index (χ2n) is 4.80. The van der Waals surface area contributed by atoms with Gasteiger partial charge in [-0.25, -0.2) is 4.79 Å². The van der Waals surface area contributed by atoms with Crippen LogP contribution in [0.5, 0.6) is 5.75 Å². The number of para-hydroxylation sites is 1. The summed E-state index contributed by atoms with van der Waals surface area (Å²) in [6.45, 7) is 3.83. The minimum absolute atomic E-state index is 0.183. The van der Waals surface area contributed by atoms with E-state index >= 15 is 0 Å². The molecule has 0 fully saturated rings. The Morgan fingerprint density at radius 2 is 2.17 bits per heavy atom. The second kappa shape index (κ2) is 4.33. The number of hydrogen-bond acceptors (Lipinski definition) is 4. The summed E-state index contributed by atoms with van der Waals surface area (Å²) in [6.07, 6.45) is 0. The smallest absolute Gasteiger partial charge is 0.340 e. The fourth-order valence-electron chi connectivity index (χ4n) is 1.67. The molecule has 0 aliphatic carbocycles. The van der Waals surface area contributed by atoms with E-state index in [4.69, 9.17) is 4.74 Å². The van der Waals surface area contributed by atoms with Gasteiger partial charge in [0, 0.05) is 0 Å². The lowest BCUT2D eigenvalue weighted by atomic mass is 9.94. The fourth-order valence-corrected chi connectivity index (χ4v) is 1.67. The van der Waals surface area contributed by atoms with Gasteiger partial charge in [0.05, 0.1) is 23.8 Å². The van der Waals surface area contributed by atoms with Crippen LogP contribution in [0.1, 0.15) is 24.2 Å². The van der Waals surface area contributed by atoms with Crippen LogP contribution in [0.3, 0.4) is 0 Å². The molecule has 0 saturated heterocycles. The molecule has 0 radical (unpaired) electrons. The van der Waals surface area contributed by atoms with Gasteiger partial charge in [-0.3, -0.25) is 4.79 Å². The van der Waals surface area contributed by atoms with Crippen LogP contribution >= 0.6 is 0 Å². The molecule has 0 bridgehead atoms. The number of esters is 1. The molecule has 5 nitrogen and oxygen atoms in total. The number of nitrogens with one attached hydrogen (secondary N) is 1. The highest BCUT2D eigenvalue weighted by Gasteiger charge is 2.34. The summed E-state index contributed by atoms with van der Waals surface area (Å²) < 4.78 is 10.3. The summed E-state index contributed by atoms with van der Waals surface area (Å²) in [7, 11) is 1.30. The van der Waals surface area contributed by atoms with Gasteiger partial charge in [0.1, 0.15) is 12.4 Å². The molecular formula is C13H15NO4. The Bertz CT molecular complexity index is 508. The van der Waals surface area contributed by atoms with E-state index in [-0.39, 0.29) is 12.5 Å². The van der Waals surface area contributed by atoms with Crippen LogP contribution in [0.2, 0.25) is 0 Å². The van der Waals surface area contributed by atoms with Gasteiger partial charge in [-0.15, -0.1) is 0 Å². The highest BCUT2D eigenvalue weighted by Crippen LogP contribution is 2.34. The van der Waals surface area contributed by atoms with Crippen molar-refractivity contribution in [1.29, 1.82) is 0 Å².